The summed E-state index contributed by atoms with van der Waals surface area (Å²) in [6.07, 6.45) is 0.634. The molecule has 0 spiro atoms. The lowest BCUT2D eigenvalue weighted by molar-refractivity contribution is -0.160. The average molecular weight is 262 g/mol. The normalized spacial score (nSPS) is 13.4. The van der Waals surface area contributed by atoms with Gasteiger partial charge < -0.3 is 19.3 Å². The van der Waals surface area contributed by atoms with Gasteiger partial charge in [-0.1, -0.05) is 6.92 Å². The van der Waals surface area contributed by atoms with E-state index in [1.165, 1.54) is 0 Å². The average Bonchev–Trinajstić information content (AvgIpc) is 2.25. The Morgan fingerprint density at radius 1 is 1.11 bits per heavy atom. The molecule has 0 aliphatic carbocycles. The van der Waals surface area contributed by atoms with E-state index >= 15 is 0 Å². The topological polar surface area (TPSA) is 65.0 Å². The molecule has 0 bridgehead atoms. The van der Waals surface area contributed by atoms with Crippen molar-refractivity contribution in [1.29, 1.82) is 0 Å². The molecule has 5 heteroatoms. The second kappa shape index (κ2) is 9.30. The van der Waals surface area contributed by atoms with E-state index in [4.69, 9.17) is 19.3 Å². The van der Waals surface area contributed by atoms with Crippen LogP contribution in [0, 0.1) is 5.92 Å². The van der Waals surface area contributed by atoms with Crippen LogP contribution in [0.2, 0.25) is 0 Å². The summed E-state index contributed by atoms with van der Waals surface area (Å²) >= 11 is 0. The van der Waals surface area contributed by atoms with Crippen molar-refractivity contribution in [2.45, 2.75) is 39.7 Å². The highest BCUT2D eigenvalue weighted by molar-refractivity contribution is 5.72. The SMILES string of the molecule is CC(CCOCCOCCO)C(=O)OC(C)(C)C. The molecular weight excluding hydrogens is 236 g/mol. The summed E-state index contributed by atoms with van der Waals surface area (Å²) in [7, 11) is 0. The standard InChI is InChI=1S/C13H26O5/c1-11(12(15)18-13(2,3)4)5-7-16-9-10-17-8-6-14/h11,14H,5-10H2,1-4H3. The maximum Gasteiger partial charge on any atom is 0.309 e. The van der Waals surface area contributed by atoms with E-state index in [1.807, 2.05) is 27.7 Å². The van der Waals surface area contributed by atoms with Gasteiger partial charge in [0.05, 0.1) is 32.3 Å². The molecule has 0 aromatic carbocycles. The van der Waals surface area contributed by atoms with E-state index in [0.717, 1.165) is 0 Å². The minimum atomic E-state index is -0.440. The fraction of sp³-hybridized carbons (Fsp3) is 0.923. The van der Waals surface area contributed by atoms with Crippen LogP contribution in [0.15, 0.2) is 0 Å². The maximum absolute atomic E-state index is 11.6. The number of carbonyl (C=O) groups excluding carboxylic acids is 1. The van der Waals surface area contributed by atoms with E-state index in [0.29, 0.717) is 32.8 Å². The van der Waals surface area contributed by atoms with Crippen molar-refractivity contribution in [1.82, 2.24) is 0 Å². The lowest BCUT2D eigenvalue weighted by Crippen LogP contribution is -2.28. The van der Waals surface area contributed by atoms with Crippen molar-refractivity contribution in [3.05, 3.63) is 0 Å². The molecule has 0 aliphatic heterocycles. The molecule has 0 radical (unpaired) electrons. The van der Waals surface area contributed by atoms with Crippen LogP contribution in [-0.2, 0) is 19.0 Å². The summed E-state index contributed by atoms with van der Waals surface area (Å²) in [4.78, 5) is 11.6. The van der Waals surface area contributed by atoms with Gasteiger partial charge in [0.25, 0.3) is 0 Å². The molecule has 0 aromatic heterocycles. The third kappa shape index (κ3) is 10.5. The third-order valence-corrected chi connectivity index (χ3v) is 2.11. The van der Waals surface area contributed by atoms with Crippen LogP contribution in [0.25, 0.3) is 0 Å². The number of aliphatic hydroxyl groups is 1. The highest BCUT2D eigenvalue weighted by atomic mass is 16.6. The molecule has 0 rings (SSSR count). The van der Waals surface area contributed by atoms with E-state index in [-0.39, 0.29) is 18.5 Å². The molecule has 0 saturated carbocycles. The van der Waals surface area contributed by atoms with Gasteiger partial charge in [0.2, 0.25) is 0 Å². The zero-order valence-electron chi connectivity index (χ0n) is 11.9. The molecule has 1 atom stereocenters. The van der Waals surface area contributed by atoms with Gasteiger partial charge in [-0.3, -0.25) is 4.79 Å². The summed E-state index contributed by atoms with van der Waals surface area (Å²) in [5, 5.41) is 8.48. The first-order valence-electron chi connectivity index (χ1n) is 6.36. The highest BCUT2D eigenvalue weighted by Gasteiger charge is 2.21. The van der Waals surface area contributed by atoms with Gasteiger partial charge in [0, 0.05) is 6.61 Å². The molecule has 5 nitrogen and oxygen atoms in total. The van der Waals surface area contributed by atoms with Crippen LogP contribution in [0.1, 0.15) is 34.1 Å². The first-order chi connectivity index (χ1) is 8.37. The van der Waals surface area contributed by atoms with Crippen molar-refractivity contribution in [2.75, 3.05) is 33.0 Å². The zero-order chi connectivity index (χ0) is 14.0. The molecule has 108 valence electrons. The molecule has 0 saturated heterocycles. The zero-order valence-corrected chi connectivity index (χ0v) is 11.9. The summed E-state index contributed by atoms with van der Waals surface area (Å²) in [6, 6.07) is 0. The first kappa shape index (κ1) is 17.4. The van der Waals surface area contributed by atoms with Crippen LogP contribution < -0.4 is 0 Å². The van der Waals surface area contributed by atoms with Gasteiger partial charge in [-0.05, 0) is 27.2 Å². The van der Waals surface area contributed by atoms with Crippen molar-refractivity contribution < 1.29 is 24.1 Å². The van der Waals surface area contributed by atoms with Gasteiger partial charge in [0.15, 0.2) is 0 Å². The van der Waals surface area contributed by atoms with Crippen LogP contribution in [0.4, 0.5) is 0 Å². The molecule has 0 aromatic rings. The second-order valence-corrected chi connectivity index (χ2v) is 5.17. The lowest BCUT2D eigenvalue weighted by Gasteiger charge is -2.22. The molecule has 0 fully saturated rings. The fourth-order valence-electron chi connectivity index (χ4n) is 1.17. The van der Waals surface area contributed by atoms with Crippen molar-refractivity contribution in [2.24, 2.45) is 5.92 Å². The van der Waals surface area contributed by atoms with Crippen LogP contribution in [0.5, 0.6) is 0 Å². The number of esters is 1. The maximum atomic E-state index is 11.6. The predicted molar refractivity (Wildman–Crippen MR) is 68.3 cm³/mol. The number of hydrogen-bond donors (Lipinski definition) is 1. The Morgan fingerprint density at radius 2 is 1.67 bits per heavy atom. The third-order valence-electron chi connectivity index (χ3n) is 2.11. The molecule has 0 heterocycles. The summed E-state index contributed by atoms with van der Waals surface area (Å²) in [5.74, 6) is -0.356. The van der Waals surface area contributed by atoms with Gasteiger partial charge in [0.1, 0.15) is 5.60 Å². The van der Waals surface area contributed by atoms with E-state index in [9.17, 15) is 4.79 Å². The second-order valence-electron chi connectivity index (χ2n) is 5.17. The Bertz CT molecular complexity index is 222. The quantitative estimate of drug-likeness (QED) is 0.502. The van der Waals surface area contributed by atoms with Gasteiger partial charge >= 0.3 is 5.97 Å². The van der Waals surface area contributed by atoms with Gasteiger partial charge in [-0.25, -0.2) is 0 Å². The Kier molecular flexibility index (Phi) is 8.97. The lowest BCUT2D eigenvalue weighted by atomic mass is 10.1. The number of aliphatic hydroxyl groups excluding tert-OH is 1. The van der Waals surface area contributed by atoms with E-state index < -0.39 is 5.60 Å². The van der Waals surface area contributed by atoms with E-state index in [2.05, 4.69) is 0 Å². The van der Waals surface area contributed by atoms with Crippen LogP contribution in [0.3, 0.4) is 0 Å². The van der Waals surface area contributed by atoms with Crippen molar-refractivity contribution in [3.8, 4) is 0 Å². The largest absolute Gasteiger partial charge is 0.460 e. The monoisotopic (exact) mass is 262 g/mol. The highest BCUT2D eigenvalue weighted by Crippen LogP contribution is 2.13. The first-order valence-corrected chi connectivity index (χ1v) is 6.36. The number of carbonyl (C=O) groups is 1. The molecule has 18 heavy (non-hydrogen) atoms. The van der Waals surface area contributed by atoms with Crippen molar-refractivity contribution in [3.63, 3.8) is 0 Å². The smallest absolute Gasteiger partial charge is 0.309 e. The number of ether oxygens (including phenoxy) is 3. The number of rotatable bonds is 9. The predicted octanol–water partition coefficient (Wildman–Crippen LogP) is 1.38. The molecular formula is C13H26O5. The van der Waals surface area contributed by atoms with Gasteiger partial charge in [-0.2, -0.15) is 0 Å². The molecule has 0 amide bonds. The Morgan fingerprint density at radius 3 is 2.17 bits per heavy atom. The molecule has 1 N–H and O–H groups in total. The summed E-state index contributed by atoms with van der Waals surface area (Å²) in [6.45, 7) is 9.18. The van der Waals surface area contributed by atoms with Gasteiger partial charge in [-0.15, -0.1) is 0 Å². The molecule has 0 aliphatic rings. The van der Waals surface area contributed by atoms with Crippen LogP contribution >= 0.6 is 0 Å². The molecule has 1 unspecified atom stereocenters. The summed E-state index contributed by atoms with van der Waals surface area (Å²) in [5.41, 5.74) is -0.440. The Labute approximate surface area is 109 Å². The van der Waals surface area contributed by atoms with E-state index in [1.54, 1.807) is 0 Å². The Balaban J connectivity index is 3.52. The van der Waals surface area contributed by atoms with Crippen LogP contribution in [-0.4, -0.2) is 49.7 Å². The summed E-state index contributed by atoms with van der Waals surface area (Å²) < 4.78 is 15.6. The number of hydrogen-bond acceptors (Lipinski definition) is 5. The Hall–Kier alpha value is -0.650. The van der Waals surface area contributed by atoms with Crippen molar-refractivity contribution >= 4 is 5.97 Å². The fourth-order valence-corrected chi connectivity index (χ4v) is 1.17. The minimum Gasteiger partial charge on any atom is -0.460 e. The minimum absolute atomic E-state index is 0.0235.